The van der Waals surface area contributed by atoms with Crippen LogP contribution < -0.4 is 10.1 Å². The Labute approximate surface area is 143 Å². The maximum absolute atomic E-state index is 11.5. The number of nitrogens with one attached hydrogen (secondary N) is 1. The van der Waals surface area contributed by atoms with Crippen molar-refractivity contribution in [2.24, 2.45) is 0 Å². The molecule has 1 unspecified atom stereocenters. The van der Waals surface area contributed by atoms with Crippen molar-refractivity contribution in [3.05, 3.63) is 29.8 Å². The molecule has 0 radical (unpaired) electrons. The van der Waals surface area contributed by atoms with Gasteiger partial charge < -0.3 is 25.0 Å². The fraction of sp³-hybridized carbons (Fsp3) is 0.611. The van der Waals surface area contributed by atoms with Crippen molar-refractivity contribution in [3.8, 4) is 5.75 Å². The maximum atomic E-state index is 11.5. The van der Waals surface area contributed by atoms with Gasteiger partial charge in [-0.1, -0.05) is 12.1 Å². The van der Waals surface area contributed by atoms with Crippen LogP contribution in [0, 0.1) is 0 Å². The van der Waals surface area contributed by atoms with Crippen LogP contribution in [0.2, 0.25) is 0 Å². The summed E-state index contributed by atoms with van der Waals surface area (Å²) in [5.74, 6) is 0.685. The van der Waals surface area contributed by atoms with Crippen LogP contribution in [0.1, 0.15) is 51.7 Å². The first-order chi connectivity index (χ1) is 11.3. The molecule has 1 aromatic rings. The second-order valence-corrected chi connectivity index (χ2v) is 6.58. The SMILES string of the molecule is CC(C)(C)OC(=O)NCCC(O)c1cccc(OCCCCO)c1. The second kappa shape index (κ2) is 10.2. The lowest BCUT2D eigenvalue weighted by atomic mass is 10.1. The van der Waals surface area contributed by atoms with Gasteiger partial charge in [0.25, 0.3) is 0 Å². The number of unbranched alkanes of at least 4 members (excludes halogenated alkanes) is 1. The first-order valence-corrected chi connectivity index (χ1v) is 8.30. The Morgan fingerprint density at radius 1 is 1.29 bits per heavy atom. The molecule has 1 rings (SSSR count). The summed E-state index contributed by atoms with van der Waals surface area (Å²) in [7, 11) is 0. The number of amides is 1. The minimum atomic E-state index is -0.694. The fourth-order valence-electron chi connectivity index (χ4n) is 2.01. The van der Waals surface area contributed by atoms with Crippen molar-refractivity contribution in [1.29, 1.82) is 0 Å². The lowest BCUT2D eigenvalue weighted by molar-refractivity contribution is 0.0518. The van der Waals surface area contributed by atoms with Crippen LogP contribution in [0.3, 0.4) is 0 Å². The summed E-state index contributed by atoms with van der Waals surface area (Å²) < 4.78 is 10.7. The number of rotatable bonds is 9. The Morgan fingerprint density at radius 3 is 2.71 bits per heavy atom. The molecule has 0 spiro atoms. The lowest BCUT2D eigenvalue weighted by Crippen LogP contribution is -2.33. The zero-order valence-electron chi connectivity index (χ0n) is 14.7. The number of ether oxygens (including phenoxy) is 2. The van der Waals surface area contributed by atoms with E-state index in [1.165, 1.54) is 0 Å². The van der Waals surface area contributed by atoms with Gasteiger partial charge in [-0.05, 0) is 57.7 Å². The highest BCUT2D eigenvalue weighted by Crippen LogP contribution is 2.21. The van der Waals surface area contributed by atoms with Gasteiger partial charge in [-0.25, -0.2) is 4.79 Å². The molecule has 0 fully saturated rings. The van der Waals surface area contributed by atoms with E-state index in [1.807, 2.05) is 18.2 Å². The largest absolute Gasteiger partial charge is 0.494 e. The number of aliphatic hydroxyl groups is 2. The molecule has 0 bridgehead atoms. The standard InChI is InChI=1S/C18H29NO5/c1-18(2,3)24-17(22)19-10-9-16(21)14-7-6-8-15(13-14)23-12-5-4-11-20/h6-8,13,16,20-21H,4-5,9-12H2,1-3H3,(H,19,22). The van der Waals surface area contributed by atoms with Gasteiger partial charge in [0.05, 0.1) is 12.7 Å². The average Bonchev–Trinajstić information content (AvgIpc) is 2.50. The summed E-state index contributed by atoms with van der Waals surface area (Å²) in [5, 5.41) is 21.6. The molecule has 1 aromatic carbocycles. The van der Waals surface area contributed by atoms with Gasteiger partial charge in [-0.3, -0.25) is 0 Å². The molecule has 3 N–H and O–H groups in total. The topological polar surface area (TPSA) is 88.0 Å². The summed E-state index contributed by atoms with van der Waals surface area (Å²) >= 11 is 0. The third kappa shape index (κ3) is 8.74. The molecule has 0 saturated carbocycles. The summed E-state index contributed by atoms with van der Waals surface area (Å²) in [6, 6.07) is 7.26. The van der Waals surface area contributed by atoms with E-state index in [0.29, 0.717) is 31.7 Å². The van der Waals surface area contributed by atoms with Crippen LogP contribution in [0.5, 0.6) is 5.75 Å². The summed E-state index contributed by atoms with van der Waals surface area (Å²) in [4.78, 5) is 11.5. The van der Waals surface area contributed by atoms with E-state index in [-0.39, 0.29) is 6.61 Å². The Bertz CT molecular complexity index is 498. The van der Waals surface area contributed by atoms with E-state index in [2.05, 4.69) is 5.32 Å². The highest BCUT2D eigenvalue weighted by molar-refractivity contribution is 5.67. The normalized spacial score (nSPS) is 12.5. The third-order valence-electron chi connectivity index (χ3n) is 3.15. The van der Waals surface area contributed by atoms with Crippen molar-refractivity contribution >= 4 is 6.09 Å². The fourth-order valence-corrected chi connectivity index (χ4v) is 2.01. The van der Waals surface area contributed by atoms with E-state index >= 15 is 0 Å². The number of hydrogen-bond acceptors (Lipinski definition) is 5. The second-order valence-electron chi connectivity index (χ2n) is 6.58. The number of carbonyl (C=O) groups is 1. The van der Waals surface area contributed by atoms with Crippen LogP contribution in [-0.4, -0.2) is 41.7 Å². The Kier molecular flexibility index (Phi) is 8.57. The molecule has 6 heteroatoms. The zero-order chi connectivity index (χ0) is 18.0. The monoisotopic (exact) mass is 339 g/mol. The molecule has 0 aliphatic rings. The van der Waals surface area contributed by atoms with Gasteiger partial charge in [-0.15, -0.1) is 0 Å². The quantitative estimate of drug-likeness (QED) is 0.602. The van der Waals surface area contributed by atoms with E-state index in [4.69, 9.17) is 14.6 Å². The van der Waals surface area contributed by atoms with E-state index in [9.17, 15) is 9.90 Å². The van der Waals surface area contributed by atoms with Crippen LogP contribution in [0.15, 0.2) is 24.3 Å². The minimum absolute atomic E-state index is 0.159. The first kappa shape index (κ1) is 20.3. The van der Waals surface area contributed by atoms with E-state index < -0.39 is 17.8 Å². The predicted octanol–water partition coefficient (Wildman–Crippen LogP) is 2.79. The average molecular weight is 339 g/mol. The van der Waals surface area contributed by atoms with Crippen molar-refractivity contribution in [3.63, 3.8) is 0 Å². The molecular formula is C18H29NO5. The molecule has 1 atom stereocenters. The summed E-state index contributed by atoms with van der Waals surface area (Å²) in [5.41, 5.74) is 0.199. The number of hydrogen-bond donors (Lipinski definition) is 3. The smallest absolute Gasteiger partial charge is 0.407 e. The Hall–Kier alpha value is -1.79. The maximum Gasteiger partial charge on any atom is 0.407 e. The van der Waals surface area contributed by atoms with Crippen LogP contribution >= 0.6 is 0 Å². The van der Waals surface area contributed by atoms with Gasteiger partial charge in [0.15, 0.2) is 0 Å². The molecule has 6 nitrogen and oxygen atoms in total. The molecule has 0 aliphatic carbocycles. The first-order valence-electron chi connectivity index (χ1n) is 8.30. The highest BCUT2D eigenvalue weighted by Gasteiger charge is 2.16. The van der Waals surface area contributed by atoms with Crippen molar-refractivity contribution < 1.29 is 24.5 Å². The van der Waals surface area contributed by atoms with Crippen molar-refractivity contribution in [2.75, 3.05) is 19.8 Å². The number of benzene rings is 1. The number of alkyl carbamates (subject to hydrolysis) is 1. The van der Waals surface area contributed by atoms with Crippen molar-refractivity contribution in [1.82, 2.24) is 5.32 Å². The molecule has 1 amide bonds. The van der Waals surface area contributed by atoms with Gasteiger partial charge in [0, 0.05) is 13.2 Å². The Balaban J connectivity index is 2.39. The molecule has 136 valence electrons. The van der Waals surface area contributed by atoms with Gasteiger partial charge in [-0.2, -0.15) is 0 Å². The highest BCUT2D eigenvalue weighted by atomic mass is 16.6. The zero-order valence-corrected chi connectivity index (χ0v) is 14.7. The van der Waals surface area contributed by atoms with E-state index in [0.717, 1.165) is 12.0 Å². The number of carbonyl (C=O) groups excluding carboxylic acids is 1. The third-order valence-corrected chi connectivity index (χ3v) is 3.15. The van der Waals surface area contributed by atoms with Crippen LogP contribution in [0.4, 0.5) is 4.79 Å². The molecule has 0 saturated heterocycles. The minimum Gasteiger partial charge on any atom is -0.494 e. The van der Waals surface area contributed by atoms with E-state index in [1.54, 1.807) is 26.8 Å². The lowest BCUT2D eigenvalue weighted by Gasteiger charge is -2.20. The molecule has 0 aromatic heterocycles. The molecule has 0 heterocycles. The molecular weight excluding hydrogens is 310 g/mol. The van der Waals surface area contributed by atoms with Gasteiger partial charge >= 0.3 is 6.09 Å². The van der Waals surface area contributed by atoms with Gasteiger partial charge in [0.1, 0.15) is 11.4 Å². The van der Waals surface area contributed by atoms with Crippen LogP contribution in [0.25, 0.3) is 0 Å². The Morgan fingerprint density at radius 2 is 2.04 bits per heavy atom. The van der Waals surface area contributed by atoms with Gasteiger partial charge in [0.2, 0.25) is 0 Å². The molecule has 0 aliphatic heterocycles. The van der Waals surface area contributed by atoms with Crippen molar-refractivity contribution in [2.45, 2.75) is 51.7 Å². The summed E-state index contributed by atoms with van der Waals surface area (Å²) in [6.45, 7) is 6.40. The predicted molar refractivity (Wildman–Crippen MR) is 92.1 cm³/mol. The van der Waals surface area contributed by atoms with Crippen LogP contribution in [-0.2, 0) is 4.74 Å². The summed E-state index contributed by atoms with van der Waals surface area (Å²) in [6.07, 6.45) is 0.686. The number of aliphatic hydroxyl groups excluding tert-OH is 2. The molecule has 24 heavy (non-hydrogen) atoms.